The number of nitrogens with one attached hydrogen (secondary N) is 1. The Morgan fingerprint density at radius 1 is 1.00 bits per heavy atom. The second kappa shape index (κ2) is 15.2. The molecule has 2 aromatic carbocycles. The minimum Gasteiger partial charge on any atom is -0.497 e. The van der Waals surface area contributed by atoms with Crippen molar-refractivity contribution in [3.8, 4) is 11.5 Å². The smallest absolute Gasteiger partial charge is 0.220 e. The summed E-state index contributed by atoms with van der Waals surface area (Å²) in [6.07, 6.45) is 2.82. The Kier molecular flexibility index (Phi) is 12.3. The lowest BCUT2D eigenvalue weighted by Crippen LogP contribution is -2.48. The van der Waals surface area contributed by atoms with E-state index < -0.39 is 12.1 Å². The molecule has 0 aromatic heterocycles. The van der Waals surface area contributed by atoms with Crippen LogP contribution in [0, 0.1) is 0 Å². The summed E-state index contributed by atoms with van der Waals surface area (Å²) in [4.78, 5) is 27.2. The van der Waals surface area contributed by atoms with Gasteiger partial charge in [0.2, 0.25) is 5.91 Å². The van der Waals surface area contributed by atoms with Crippen LogP contribution in [0.1, 0.15) is 68.5 Å². The first kappa shape index (κ1) is 30.1. The summed E-state index contributed by atoms with van der Waals surface area (Å²) in [5, 5.41) is 14.2. The molecule has 0 fully saturated rings. The van der Waals surface area contributed by atoms with Gasteiger partial charge < -0.3 is 19.9 Å². The van der Waals surface area contributed by atoms with Crippen LogP contribution >= 0.6 is 0 Å². The van der Waals surface area contributed by atoms with Gasteiger partial charge in [-0.3, -0.25) is 14.5 Å². The van der Waals surface area contributed by atoms with Crippen LogP contribution in [-0.4, -0.2) is 60.6 Å². The van der Waals surface area contributed by atoms with Gasteiger partial charge in [-0.2, -0.15) is 0 Å². The van der Waals surface area contributed by atoms with E-state index in [1.165, 1.54) is 0 Å². The number of hydrogen-bond acceptors (Lipinski definition) is 6. The molecular formula is C30H42N2O5. The number of aliphatic hydroxyl groups excluding tert-OH is 1. The number of benzene rings is 2. The van der Waals surface area contributed by atoms with E-state index in [2.05, 4.69) is 11.9 Å². The van der Waals surface area contributed by atoms with Gasteiger partial charge in [0.15, 0.2) is 5.78 Å². The van der Waals surface area contributed by atoms with Crippen LogP contribution in [0.15, 0.2) is 61.2 Å². The maximum Gasteiger partial charge on any atom is 0.220 e. The molecule has 0 heterocycles. The van der Waals surface area contributed by atoms with Crippen molar-refractivity contribution in [3.63, 3.8) is 0 Å². The zero-order valence-corrected chi connectivity index (χ0v) is 22.8. The molecule has 202 valence electrons. The number of ketones is 1. The minimum absolute atomic E-state index is 0.0429. The third-order valence-corrected chi connectivity index (χ3v) is 6.31. The van der Waals surface area contributed by atoms with Crippen LogP contribution in [0.5, 0.6) is 11.5 Å². The first-order chi connectivity index (χ1) is 17.6. The topological polar surface area (TPSA) is 88.1 Å². The van der Waals surface area contributed by atoms with Gasteiger partial charge in [-0.05, 0) is 82.6 Å². The summed E-state index contributed by atoms with van der Waals surface area (Å²) in [5.74, 6) is 1.33. The Morgan fingerprint density at radius 2 is 1.59 bits per heavy atom. The van der Waals surface area contributed by atoms with Crippen LogP contribution in [0.4, 0.5) is 0 Å². The molecule has 2 rings (SSSR count). The normalized spacial score (nSPS) is 13.6. The lowest BCUT2D eigenvalue weighted by Gasteiger charge is -2.31. The van der Waals surface area contributed by atoms with Crippen molar-refractivity contribution in [3.05, 3.63) is 72.3 Å². The second-order valence-corrected chi connectivity index (χ2v) is 9.63. The van der Waals surface area contributed by atoms with Crippen molar-refractivity contribution in [2.75, 3.05) is 20.7 Å². The van der Waals surface area contributed by atoms with E-state index in [-0.39, 0.29) is 30.3 Å². The molecular weight excluding hydrogens is 468 g/mol. The molecule has 0 spiro atoms. The molecule has 0 saturated carbocycles. The van der Waals surface area contributed by atoms with E-state index in [9.17, 15) is 14.7 Å². The van der Waals surface area contributed by atoms with E-state index in [0.29, 0.717) is 42.7 Å². The number of amides is 1. The van der Waals surface area contributed by atoms with Crippen LogP contribution in [0.2, 0.25) is 0 Å². The summed E-state index contributed by atoms with van der Waals surface area (Å²) in [6.45, 7) is 10.2. The molecule has 7 nitrogen and oxygen atoms in total. The number of Topliss-reactive ketones (excluding diaryl/α,β-unsaturated/α-hetero) is 1. The van der Waals surface area contributed by atoms with Crippen molar-refractivity contribution in [2.45, 2.75) is 70.7 Å². The maximum atomic E-state index is 12.8. The quantitative estimate of drug-likeness (QED) is 0.189. The van der Waals surface area contributed by atoms with Crippen molar-refractivity contribution < 1.29 is 24.2 Å². The average molecular weight is 511 g/mol. The van der Waals surface area contributed by atoms with Gasteiger partial charge in [0.25, 0.3) is 0 Å². The first-order valence-corrected chi connectivity index (χ1v) is 12.9. The van der Waals surface area contributed by atoms with Gasteiger partial charge in [-0.1, -0.05) is 18.2 Å². The molecule has 0 aliphatic carbocycles. The Bertz CT molecular complexity index is 988. The number of rotatable bonds is 16. The monoisotopic (exact) mass is 510 g/mol. The number of aliphatic hydroxyl groups is 1. The van der Waals surface area contributed by atoms with E-state index in [0.717, 1.165) is 5.75 Å². The average Bonchev–Trinajstić information content (AvgIpc) is 2.89. The summed E-state index contributed by atoms with van der Waals surface area (Å²) in [6, 6.07) is 13.9. The van der Waals surface area contributed by atoms with Gasteiger partial charge in [0.1, 0.15) is 17.6 Å². The summed E-state index contributed by atoms with van der Waals surface area (Å²) < 4.78 is 10.8. The predicted octanol–water partition coefficient (Wildman–Crippen LogP) is 4.95. The fourth-order valence-electron chi connectivity index (χ4n) is 3.90. The molecule has 2 aromatic rings. The SMILES string of the molecule is C=CC(C)N(C)C[C@@H](NC(=O)CCCCC(=O)c1ccc(OC)cc1)[C@H](O)c1ccc(OC(C)C)cc1. The van der Waals surface area contributed by atoms with Crippen molar-refractivity contribution >= 4 is 11.7 Å². The molecule has 1 unspecified atom stereocenters. The summed E-state index contributed by atoms with van der Waals surface area (Å²) >= 11 is 0. The maximum absolute atomic E-state index is 12.8. The molecule has 1 amide bonds. The number of hydrogen-bond donors (Lipinski definition) is 2. The first-order valence-electron chi connectivity index (χ1n) is 12.9. The molecule has 3 atom stereocenters. The van der Waals surface area contributed by atoms with Gasteiger partial charge in [-0.25, -0.2) is 0 Å². The van der Waals surface area contributed by atoms with E-state index >= 15 is 0 Å². The van der Waals surface area contributed by atoms with Gasteiger partial charge in [0.05, 0.1) is 19.3 Å². The zero-order chi connectivity index (χ0) is 27.4. The van der Waals surface area contributed by atoms with Crippen LogP contribution in [0.3, 0.4) is 0 Å². The predicted molar refractivity (Wildman–Crippen MR) is 147 cm³/mol. The molecule has 0 bridgehead atoms. The number of carbonyl (C=O) groups excluding carboxylic acids is 2. The van der Waals surface area contributed by atoms with Gasteiger partial charge in [0, 0.05) is 31.0 Å². The van der Waals surface area contributed by atoms with Gasteiger partial charge >= 0.3 is 0 Å². The van der Waals surface area contributed by atoms with Gasteiger partial charge in [-0.15, -0.1) is 6.58 Å². The third-order valence-electron chi connectivity index (χ3n) is 6.31. The Hall–Kier alpha value is -3.16. The fraction of sp³-hybridized carbons (Fsp3) is 0.467. The highest BCUT2D eigenvalue weighted by Gasteiger charge is 2.25. The highest BCUT2D eigenvalue weighted by molar-refractivity contribution is 5.96. The van der Waals surface area contributed by atoms with Crippen LogP contribution < -0.4 is 14.8 Å². The number of likely N-dealkylation sites (N-methyl/N-ethyl adjacent to an activating group) is 1. The van der Waals surface area contributed by atoms with Crippen LogP contribution in [0.25, 0.3) is 0 Å². The van der Waals surface area contributed by atoms with Crippen molar-refractivity contribution in [2.24, 2.45) is 0 Å². The largest absolute Gasteiger partial charge is 0.497 e. The molecule has 0 aliphatic heterocycles. The number of methoxy groups -OCH3 is 1. The highest BCUT2D eigenvalue weighted by atomic mass is 16.5. The number of nitrogens with zero attached hydrogens (tertiary/aromatic N) is 1. The second-order valence-electron chi connectivity index (χ2n) is 9.63. The van der Waals surface area contributed by atoms with Crippen LogP contribution in [-0.2, 0) is 4.79 Å². The zero-order valence-electron chi connectivity index (χ0n) is 22.8. The fourth-order valence-corrected chi connectivity index (χ4v) is 3.90. The molecule has 0 aliphatic rings. The van der Waals surface area contributed by atoms with E-state index in [1.807, 2.05) is 63.1 Å². The number of carbonyl (C=O) groups is 2. The molecule has 0 saturated heterocycles. The standard InChI is InChI=1S/C30H42N2O5/c1-7-22(4)32(5)20-27(30(35)24-14-18-26(19-15-24)37-21(2)3)31-29(34)11-9-8-10-28(33)23-12-16-25(36-6)17-13-23/h7,12-19,21-22,27,30,35H,1,8-11,20H2,2-6H3,(H,31,34)/t22?,27-,30-/m1/s1. The Labute approximate surface area is 221 Å². The number of ether oxygens (including phenoxy) is 2. The lowest BCUT2D eigenvalue weighted by molar-refractivity contribution is -0.123. The lowest BCUT2D eigenvalue weighted by atomic mass is 10.0. The molecule has 2 N–H and O–H groups in total. The number of unbranched alkanes of at least 4 members (excludes halogenated alkanes) is 1. The molecule has 37 heavy (non-hydrogen) atoms. The van der Waals surface area contributed by atoms with E-state index in [4.69, 9.17) is 9.47 Å². The highest BCUT2D eigenvalue weighted by Crippen LogP contribution is 2.22. The minimum atomic E-state index is -0.895. The van der Waals surface area contributed by atoms with Crippen molar-refractivity contribution in [1.82, 2.24) is 10.2 Å². The van der Waals surface area contributed by atoms with E-state index in [1.54, 1.807) is 31.4 Å². The van der Waals surface area contributed by atoms with Crippen molar-refractivity contribution in [1.29, 1.82) is 0 Å². The summed E-state index contributed by atoms with van der Waals surface area (Å²) in [5.41, 5.74) is 1.34. The molecule has 7 heteroatoms. The third kappa shape index (κ3) is 10.0. The molecule has 0 radical (unpaired) electrons. The Morgan fingerprint density at radius 3 is 2.16 bits per heavy atom. The summed E-state index contributed by atoms with van der Waals surface area (Å²) in [7, 11) is 3.52. The Balaban J connectivity index is 1.94.